The van der Waals surface area contributed by atoms with Crippen LogP contribution in [-0.2, 0) is 28.9 Å². The molecule has 0 unspecified atom stereocenters. The summed E-state index contributed by atoms with van der Waals surface area (Å²) < 4.78 is 11.0. The fraction of sp³-hybridized carbons (Fsp3) is 0.225. The molecule has 3 amide bonds. The van der Waals surface area contributed by atoms with Gasteiger partial charge in [0.2, 0.25) is 5.91 Å². The summed E-state index contributed by atoms with van der Waals surface area (Å²) in [5.74, 6) is -0.161. The number of hydrogen-bond donors (Lipinski definition) is 1. The first-order valence-corrected chi connectivity index (χ1v) is 16.1. The number of amides is 3. The Morgan fingerprint density at radius 3 is 2.34 bits per heavy atom. The van der Waals surface area contributed by atoms with Gasteiger partial charge in [-0.25, -0.2) is 9.69 Å². The molecular weight excluding hydrogens is 588 g/mol. The minimum atomic E-state index is -0.584. The van der Waals surface area contributed by atoms with E-state index >= 15 is 0 Å². The van der Waals surface area contributed by atoms with Gasteiger partial charge in [-0.2, -0.15) is 0 Å². The summed E-state index contributed by atoms with van der Waals surface area (Å²) in [6.07, 6.45) is 0.969. The van der Waals surface area contributed by atoms with Crippen molar-refractivity contribution >= 4 is 50.2 Å². The van der Waals surface area contributed by atoms with E-state index in [4.69, 9.17) is 9.47 Å². The van der Waals surface area contributed by atoms with E-state index in [-0.39, 0.29) is 31.0 Å². The van der Waals surface area contributed by atoms with Crippen LogP contribution in [0, 0.1) is 5.92 Å². The molecule has 1 aliphatic rings. The fourth-order valence-corrected chi connectivity index (χ4v) is 6.96. The van der Waals surface area contributed by atoms with Crippen LogP contribution in [0.4, 0.5) is 4.79 Å². The minimum Gasteiger partial charge on any atom is -0.496 e. The number of rotatable bonds is 10. The van der Waals surface area contributed by atoms with Gasteiger partial charge in [0.1, 0.15) is 12.4 Å². The molecule has 47 heavy (non-hydrogen) atoms. The predicted molar refractivity (Wildman–Crippen MR) is 184 cm³/mol. The summed E-state index contributed by atoms with van der Waals surface area (Å²) in [6, 6.07) is 33.7. The first kappa shape index (κ1) is 30.2. The van der Waals surface area contributed by atoms with Crippen molar-refractivity contribution in [2.75, 3.05) is 13.7 Å². The molecule has 1 fully saturated rings. The molecule has 0 aromatic heterocycles. The largest absolute Gasteiger partial charge is 0.496 e. The number of cyclic esters (lactones) is 1. The molecular formula is C40H36N2O5. The Bertz CT molecular complexity index is 2090. The molecule has 0 spiro atoms. The molecule has 0 aliphatic carbocycles. The third-order valence-electron chi connectivity index (χ3n) is 9.39. The highest BCUT2D eigenvalue weighted by atomic mass is 16.6. The second-order valence-corrected chi connectivity index (χ2v) is 12.2. The van der Waals surface area contributed by atoms with E-state index < -0.39 is 12.0 Å². The lowest BCUT2D eigenvalue weighted by Gasteiger charge is -2.24. The Morgan fingerprint density at radius 1 is 0.872 bits per heavy atom. The number of benzene rings is 6. The van der Waals surface area contributed by atoms with E-state index in [2.05, 4.69) is 41.7 Å². The number of carbonyl (C=O) groups is 3. The highest BCUT2D eigenvalue weighted by molar-refractivity contribution is 6.26. The predicted octanol–water partition coefficient (Wildman–Crippen LogP) is 7.68. The number of carbonyl (C=O) groups excluding carboxylic acids is 3. The molecule has 2 atom stereocenters. The topological polar surface area (TPSA) is 84.9 Å². The lowest BCUT2D eigenvalue weighted by molar-refractivity contribution is -0.133. The summed E-state index contributed by atoms with van der Waals surface area (Å²) in [4.78, 5) is 41.4. The van der Waals surface area contributed by atoms with Crippen LogP contribution in [0.25, 0.3) is 32.3 Å². The second kappa shape index (κ2) is 12.8. The van der Waals surface area contributed by atoms with Crippen molar-refractivity contribution < 1.29 is 23.9 Å². The maximum atomic E-state index is 13.7. The maximum Gasteiger partial charge on any atom is 0.416 e. The smallest absolute Gasteiger partial charge is 0.416 e. The van der Waals surface area contributed by atoms with Crippen molar-refractivity contribution in [3.8, 4) is 5.75 Å². The molecule has 1 aliphatic heterocycles. The van der Waals surface area contributed by atoms with Crippen molar-refractivity contribution in [3.63, 3.8) is 0 Å². The molecule has 0 radical (unpaired) electrons. The highest BCUT2D eigenvalue weighted by Gasteiger charge is 2.40. The van der Waals surface area contributed by atoms with Gasteiger partial charge in [0, 0.05) is 23.6 Å². The lowest BCUT2D eigenvalue weighted by Crippen LogP contribution is -2.44. The van der Waals surface area contributed by atoms with Crippen molar-refractivity contribution in [3.05, 3.63) is 125 Å². The number of nitrogens with zero attached hydrogens (tertiary/aromatic N) is 1. The zero-order valence-corrected chi connectivity index (χ0v) is 26.5. The maximum absolute atomic E-state index is 13.7. The second-order valence-electron chi connectivity index (χ2n) is 12.2. The molecule has 7 rings (SSSR count). The number of ether oxygens (including phenoxy) is 2. The molecule has 0 saturated carbocycles. The lowest BCUT2D eigenvalue weighted by atomic mass is 9.91. The summed E-state index contributed by atoms with van der Waals surface area (Å²) in [5.41, 5.74) is 3.39. The molecule has 1 heterocycles. The molecule has 0 bridgehead atoms. The summed E-state index contributed by atoms with van der Waals surface area (Å²) in [7, 11) is 1.60. The average Bonchev–Trinajstić information content (AvgIpc) is 3.47. The van der Waals surface area contributed by atoms with Crippen molar-refractivity contribution in [2.24, 2.45) is 5.92 Å². The van der Waals surface area contributed by atoms with Crippen molar-refractivity contribution in [2.45, 2.75) is 38.8 Å². The van der Waals surface area contributed by atoms with Crippen LogP contribution >= 0.6 is 0 Å². The van der Waals surface area contributed by atoms with E-state index in [0.717, 1.165) is 43.6 Å². The Morgan fingerprint density at radius 2 is 1.60 bits per heavy atom. The zero-order chi connectivity index (χ0) is 32.5. The highest BCUT2D eigenvalue weighted by Crippen LogP contribution is 2.36. The average molecular weight is 625 g/mol. The fourth-order valence-electron chi connectivity index (χ4n) is 6.96. The van der Waals surface area contributed by atoms with Crippen molar-refractivity contribution in [1.29, 1.82) is 0 Å². The minimum absolute atomic E-state index is 0.172. The van der Waals surface area contributed by atoms with Gasteiger partial charge < -0.3 is 14.8 Å². The normalized spacial score (nSPS) is 15.3. The van der Waals surface area contributed by atoms with Gasteiger partial charge in [-0.3, -0.25) is 9.59 Å². The molecule has 1 N–H and O–H groups in total. The van der Waals surface area contributed by atoms with E-state index in [9.17, 15) is 14.4 Å². The van der Waals surface area contributed by atoms with Gasteiger partial charge in [0.05, 0.1) is 13.2 Å². The van der Waals surface area contributed by atoms with Crippen LogP contribution in [0.3, 0.4) is 0 Å². The van der Waals surface area contributed by atoms with Crippen LogP contribution in [0.2, 0.25) is 0 Å². The Balaban J connectivity index is 1.09. The monoisotopic (exact) mass is 624 g/mol. The first-order chi connectivity index (χ1) is 22.9. The molecule has 6 aromatic carbocycles. The Labute approximate surface area is 273 Å². The standard InChI is InChI=1S/C40H36N2O5/c1-3-27(39(44)42-32(24-47-40(42)45)22-25-8-5-4-6-9-25)20-26-12-19-35(46-2)31(21-26)23-41-38(43)34-18-16-30-14-13-28-10-7-11-29-15-17-33(34)37(30)36(28)29/h4-19,21,27,32H,3,20,22-24H2,1-2H3,(H,41,43)/t27-,32+/m0/s1. The van der Waals surface area contributed by atoms with Crippen LogP contribution in [0.15, 0.2) is 103 Å². The van der Waals surface area contributed by atoms with Crippen LogP contribution in [-0.4, -0.2) is 42.6 Å². The van der Waals surface area contributed by atoms with Crippen LogP contribution in [0.5, 0.6) is 5.75 Å². The van der Waals surface area contributed by atoms with Gasteiger partial charge >= 0.3 is 6.09 Å². The molecule has 6 aromatic rings. The van der Waals surface area contributed by atoms with Gasteiger partial charge in [-0.05, 0) is 74.8 Å². The van der Waals surface area contributed by atoms with Crippen LogP contribution in [0.1, 0.15) is 40.4 Å². The zero-order valence-electron chi connectivity index (χ0n) is 26.5. The van der Waals surface area contributed by atoms with Gasteiger partial charge in [0.15, 0.2) is 0 Å². The third kappa shape index (κ3) is 5.74. The van der Waals surface area contributed by atoms with E-state index in [1.165, 1.54) is 10.3 Å². The van der Waals surface area contributed by atoms with Crippen molar-refractivity contribution in [1.82, 2.24) is 10.2 Å². The molecule has 7 heteroatoms. The molecule has 1 saturated heterocycles. The van der Waals surface area contributed by atoms with E-state index in [1.807, 2.05) is 73.7 Å². The SMILES string of the molecule is CC[C@@H](Cc1ccc(OC)c(CNC(=O)c2ccc3ccc4cccc5ccc2c3c45)c1)C(=O)N1C(=O)OC[C@H]1Cc1ccccc1. The number of hydrogen-bond acceptors (Lipinski definition) is 5. The van der Waals surface area contributed by atoms with E-state index in [1.54, 1.807) is 7.11 Å². The first-order valence-electron chi connectivity index (χ1n) is 16.1. The Kier molecular flexibility index (Phi) is 8.21. The summed E-state index contributed by atoms with van der Waals surface area (Å²) in [5, 5.41) is 9.68. The van der Waals surface area contributed by atoms with Gasteiger partial charge in [0.25, 0.3) is 5.91 Å². The quantitative estimate of drug-likeness (QED) is 0.158. The Hall–Kier alpha value is -5.43. The van der Waals surface area contributed by atoms with Gasteiger partial charge in [-0.15, -0.1) is 0 Å². The van der Waals surface area contributed by atoms with Crippen LogP contribution < -0.4 is 10.1 Å². The summed E-state index contributed by atoms with van der Waals surface area (Å²) >= 11 is 0. The van der Waals surface area contributed by atoms with E-state index in [0.29, 0.717) is 30.6 Å². The number of methoxy groups -OCH3 is 1. The number of imide groups is 1. The molecule has 7 nitrogen and oxygen atoms in total. The molecule has 236 valence electrons. The summed E-state index contributed by atoms with van der Waals surface area (Å²) in [6.45, 7) is 2.39. The number of nitrogens with one attached hydrogen (secondary N) is 1. The third-order valence-corrected chi connectivity index (χ3v) is 9.39. The van der Waals surface area contributed by atoms with Gasteiger partial charge in [-0.1, -0.05) is 97.9 Å².